The summed E-state index contributed by atoms with van der Waals surface area (Å²) in [7, 11) is 0. The Bertz CT molecular complexity index is 764. The number of nitrogens with two attached hydrogens (primary N) is 1. The first-order chi connectivity index (χ1) is 12.7. The van der Waals surface area contributed by atoms with Gasteiger partial charge in [0.2, 0.25) is 0 Å². The lowest BCUT2D eigenvalue weighted by Crippen LogP contribution is -2.21. The van der Waals surface area contributed by atoms with E-state index in [9.17, 15) is 0 Å². The summed E-state index contributed by atoms with van der Waals surface area (Å²) in [4.78, 5) is 5.04. The normalized spacial score (nSPS) is 17.1. The Kier molecular flexibility index (Phi) is 6.27. The van der Waals surface area contributed by atoms with Gasteiger partial charge in [0.15, 0.2) is 0 Å². The van der Waals surface area contributed by atoms with Crippen LogP contribution in [0.4, 0.5) is 5.69 Å². The number of benzene rings is 2. The molecule has 0 heterocycles. The van der Waals surface area contributed by atoms with E-state index in [1.807, 2.05) is 6.07 Å². The smallest absolute Gasteiger partial charge is 0.0758 e. The number of aliphatic imine (C=N–C) groups is 1. The van der Waals surface area contributed by atoms with Crippen LogP contribution in [-0.4, -0.2) is 5.71 Å². The maximum atomic E-state index is 6.72. The molecule has 1 aliphatic carbocycles. The van der Waals surface area contributed by atoms with Crippen LogP contribution in [0, 0.1) is 12.8 Å². The van der Waals surface area contributed by atoms with Crippen LogP contribution in [0.2, 0.25) is 0 Å². The minimum Gasteiger partial charge on any atom is -0.402 e. The zero-order chi connectivity index (χ0) is 18.4. The fraction of sp³-hybridized carbons (Fsp3) is 0.375. The number of hydrogen-bond donors (Lipinski definition) is 1. The summed E-state index contributed by atoms with van der Waals surface area (Å²) in [5.41, 5.74) is 13.4. The van der Waals surface area contributed by atoms with Crippen molar-refractivity contribution >= 4 is 11.4 Å². The minimum atomic E-state index is 0.505. The van der Waals surface area contributed by atoms with Gasteiger partial charge in [-0.3, -0.25) is 0 Å². The molecule has 2 N–H and O–H groups in total. The van der Waals surface area contributed by atoms with Crippen molar-refractivity contribution in [2.75, 3.05) is 0 Å². The van der Waals surface area contributed by atoms with Crippen LogP contribution in [0.15, 0.2) is 70.9 Å². The van der Waals surface area contributed by atoms with Crippen LogP contribution in [0.25, 0.3) is 0 Å². The lowest BCUT2D eigenvalue weighted by Gasteiger charge is -2.25. The summed E-state index contributed by atoms with van der Waals surface area (Å²) in [5, 5.41) is 0. The van der Waals surface area contributed by atoms with Crippen LogP contribution in [0.3, 0.4) is 0 Å². The third kappa shape index (κ3) is 4.43. The summed E-state index contributed by atoms with van der Waals surface area (Å²) in [6.07, 6.45) is 7.25. The first kappa shape index (κ1) is 18.4. The van der Waals surface area contributed by atoms with E-state index in [2.05, 4.69) is 62.4 Å². The van der Waals surface area contributed by atoms with E-state index in [0.717, 1.165) is 29.1 Å². The van der Waals surface area contributed by atoms with Crippen molar-refractivity contribution in [2.24, 2.45) is 16.6 Å². The van der Waals surface area contributed by atoms with E-state index >= 15 is 0 Å². The monoisotopic (exact) mass is 346 g/mol. The molecule has 2 nitrogen and oxygen atoms in total. The predicted octanol–water partition coefficient (Wildman–Crippen LogP) is 6.32. The second-order valence-electron chi connectivity index (χ2n) is 7.28. The highest BCUT2D eigenvalue weighted by Crippen LogP contribution is 2.31. The van der Waals surface area contributed by atoms with Crippen molar-refractivity contribution in [3.8, 4) is 0 Å². The first-order valence-electron chi connectivity index (χ1n) is 9.88. The van der Waals surface area contributed by atoms with Gasteiger partial charge in [0.05, 0.1) is 11.4 Å². The van der Waals surface area contributed by atoms with Gasteiger partial charge < -0.3 is 5.73 Å². The van der Waals surface area contributed by atoms with E-state index in [1.54, 1.807) is 0 Å². The lowest BCUT2D eigenvalue weighted by molar-refractivity contribution is 0.398. The number of hydrogen-bond acceptors (Lipinski definition) is 2. The van der Waals surface area contributed by atoms with Crippen molar-refractivity contribution < 1.29 is 0 Å². The van der Waals surface area contributed by atoms with Gasteiger partial charge in [0.1, 0.15) is 0 Å². The SMILES string of the molecule is CC/C(C(=Nc1ccc(C)cc1)c1ccccc1)=C(/N)C1CCCCC1. The second-order valence-corrected chi connectivity index (χ2v) is 7.28. The molecule has 0 saturated heterocycles. The molecular formula is C24H30N2. The number of allylic oxidation sites excluding steroid dienone is 2. The average molecular weight is 347 g/mol. The highest BCUT2D eigenvalue weighted by atomic mass is 14.8. The fourth-order valence-electron chi connectivity index (χ4n) is 3.82. The summed E-state index contributed by atoms with van der Waals surface area (Å²) in [6, 6.07) is 18.9. The van der Waals surface area contributed by atoms with E-state index in [-0.39, 0.29) is 0 Å². The van der Waals surface area contributed by atoms with Gasteiger partial charge in [-0.05, 0) is 49.8 Å². The fourth-order valence-corrected chi connectivity index (χ4v) is 3.82. The average Bonchev–Trinajstić information content (AvgIpc) is 2.70. The molecule has 0 aromatic heterocycles. The molecule has 26 heavy (non-hydrogen) atoms. The predicted molar refractivity (Wildman–Crippen MR) is 112 cm³/mol. The molecule has 0 aliphatic heterocycles. The van der Waals surface area contributed by atoms with E-state index < -0.39 is 0 Å². The molecule has 0 atom stereocenters. The van der Waals surface area contributed by atoms with Crippen LogP contribution in [0.1, 0.15) is 56.6 Å². The van der Waals surface area contributed by atoms with E-state index in [0.29, 0.717) is 5.92 Å². The Morgan fingerprint density at radius 1 is 0.962 bits per heavy atom. The van der Waals surface area contributed by atoms with Crippen molar-refractivity contribution in [3.05, 3.63) is 77.0 Å². The molecule has 2 aromatic rings. The van der Waals surface area contributed by atoms with Gasteiger partial charge in [-0.25, -0.2) is 4.99 Å². The molecule has 1 fully saturated rings. The highest BCUT2D eigenvalue weighted by molar-refractivity contribution is 6.14. The van der Waals surface area contributed by atoms with E-state index in [4.69, 9.17) is 10.7 Å². The maximum Gasteiger partial charge on any atom is 0.0758 e. The Morgan fingerprint density at radius 2 is 1.62 bits per heavy atom. The summed E-state index contributed by atoms with van der Waals surface area (Å²) >= 11 is 0. The van der Waals surface area contributed by atoms with Gasteiger partial charge in [-0.15, -0.1) is 0 Å². The Labute approximate surface area is 157 Å². The molecular weight excluding hydrogens is 316 g/mol. The van der Waals surface area contributed by atoms with Gasteiger partial charge in [-0.2, -0.15) is 0 Å². The number of rotatable bonds is 5. The van der Waals surface area contributed by atoms with Crippen LogP contribution < -0.4 is 5.73 Å². The van der Waals surface area contributed by atoms with Crippen LogP contribution in [-0.2, 0) is 0 Å². The zero-order valence-corrected chi connectivity index (χ0v) is 16.0. The Balaban J connectivity index is 2.07. The molecule has 2 heteroatoms. The van der Waals surface area contributed by atoms with Gasteiger partial charge >= 0.3 is 0 Å². The maximum absolute atomic E-state index is 6.72. The molecule has 3 rings (SSSR count). The first-order valence-corrected chi connectivity index (χ1v) is 9.88. The summed E-state index contributed by atoms with van der Waals surface area (Å²) in [6.45, 7) is 4.29. The Hall–Kier alpha value is -2.35. The van der Waals surface area contributed by atoms with Crippen molar-refractivity contribution in [1.29, 1.82) is 0 Å². The van der Waals surface area contributed by atoms with Gasteiger partial charge in [-0.1, -0.05) is 74.2 Å². The molecule has 0 bridgehead atoms. The van der Waals surface area contributed by atoms with Crippen LogP contribution in [0.5, 0.6) is 0 Å². The third-order valence-electron chi connectivity index (χ3n) is 5.35. The standard InChI is InChI=1S/C24H30N2/c1-3-22(23(25)19-10-6-4-7-11-19)24(20-12-8-5-9-13-20)26-21-16-14-18(2)15-17-21/h5,8-9,12-17,19H,3-4,6-7,10-11,25H2,1-2H3/b23-22-,26-24?. The van der Waals surface area contributed by atoms with Crippen molar-refractivity contribution in [1.82, 2.24) is 0 Å². The zero-order valence-electron chi connectivity index (χ0n) is 16.0. The Morgan fingerprint density at radius 3 is 2.23 bits per heavy atom. The van der Waals surface area contributed by atoms with Gasteiger partial charge in [0, 0.05) is 11.3 Å². The quantitative estimate of drug-likeness (QED) is 0.632. The number of nitrogens with zero attached hydrogens (tertiary/aromatic N) is 1. The summed E-state index contributed by atoms with van der Waals surface area (Å²) < 4.78 is 0. The molecule has 2 aromatic carbocycles. The van der Waals surface area contributed by atoms with E-state index in [1.165, 1.54) is 43.2 Å². The molecule has 1 saturated carbocycles. The molecule has 1 aliphatic rings. The lowest BCUT2D eigenvalue weighted by atomic mass is 9.83. The molecule has 136 valence electrons. The molecule has 0 radical (unpaired) electrons. The molecule has 0 amide bonds. The second kappa shape index (κ2) is 8.84. The highest BCUT2D eigenvalue weighted by Gasteiger charge is 2.21. The third-order valence-corrected chi connectivity index (χ3v) is 5.35. The van der Waals surface area contributed by atoms with Crippen LogP contribution >= 0.6 is 0 Å². The van der Waals surface area contributed by atoms with Gasteiger partial charge in [0.25, 0.3) is 0 Å². The minimum absolute atomic E-state index is 0.505. The number of aryl methyl sites for hydroxylation is 1. The largest absolute Gasteiger partial charge is 0.402 e. The topological polar surface area (TPSA) is 38.4 Å². The molecule has 0 unspecified atom stereocenters. The van der Waals surface area contributed by atoms with Crippen molar-refractivity contribution in [3.63, 3.8) is 0 Å². The van der Waals surface area contributed by atoms with Crippen molar-refractivity contribution in [2.45, 2.75) is 52.4 Å². The summed E-state index contributed by atoms with van der Waals surface area (Å²) in [5.74, 6) is 0.505. The molecule has 0 spiro atoms.